The molecule has 3 aromatic rings. The lowest BCUT2D eigenvalue weighted by molar-refractivity contribution is -0.149. The molecule has 40 heavy (non-hydrogen) atoms. The number of rotatable bonds is 16. The number of carboxylic acids is 1. The van der Waals surface area contributed by atoms with E-state index >= 15 is 0 Å². The van der Waals surface area contributed by atoms with E-state index in [9.17, 15) is 23.5 Å². The molecule has 10 heteroatoms. The van der Waals surface area contributed by atoms with Gasteiger partial charge < -0.3 is 29.0 Å². The second kappa shape index (κ2) is 16.0. The maximum absolute atomic E-state index is 13.6. The Hall–Kier alpha value is -4.18. The SMILES string of the molecule is CCOC(Cc1ccc(OCCN(CCCCOc2ccccc2)C(=O)Oc2ccc(F)c(F)c2)cc1)C(=O)O. The highest BCUT2D eigenvalue weighted by atomic mass is 19.2. The van der Waals surface area contributed by atoms with Crippen molar-refractivity contribution in [1.82, 2.24) is 4.90 Å². The number of carbonyl (C=O) groups is 2. The predicted molar refractivity (Wildman–Crippen MR) is 144 cm³/mol. The Balaban J connectivity index is 1.53. The van der Waals surface area contributed by atoms with Crippen LogP contribution in [0.4, 0.5) is 13.6 Å². The van der Waals surface area contributed by atoms with Gasteiger partial charge in [-0.05, 0) is 61.7 Å². The molecule has 0 bridgehead atoms. The summed E-state index contributed by atoms with van der Waals surface area (Å²) >= 11 is 0. The topological polar surface area (TPSA) is 94.5 Å². The molecule has 1 atom stereocenters. The van der Waals surface area contributed by atoms with Gasteiger partial charge in [0, 0.05) is 25.6 Å². The van der Waals surface area contributed by atoms with Crippen LogP contribution in [0, 0.1) is 11.6 Å². The molecule has 1 N–H and O–H groups in total. The van der Waals surface area contributed by atoms with Crippen molar-refractivity contribution >= 4 is 12.1 Å². The Kier molecular flexibility index (Phi) is 12.2. The summed E-state index contributed by atoms with van der Waals surface area (Å²) in [6, 6.07) is 19.2. The summed E-state index contributed by atoms with van der Waals surface area (Å²) in [5, 5.41) is 9.26. The fraction of sp³-hybridized carbons (Fsp3) is 0.333. The van der Waals surface area contributed by atoms with Crippen molar-refractivity contribution in [2.75, 3.05) is 32.9 Å². The Morgan fingerprint density at radius 1 is 0.825 bits per heavy atom. The van der Waals surface area contributed by atoms with E-state index in [1.54, 1.807) is 31.2 Å². The standard InChI is InChI=1S/C30H33F2NO7/c1-2-37-28(29(34)35)20-22-10-12-24(13-11-22)39-19-17-33(16-6-7-18-38-23-8-4-3-5-9-23)30(36)40-25-14-15-26(31)27(32)21-25/h3-5,8-15,21,28H,2,6-7,16-20H2,1H3,(H,34,35). The normalized spacial score (nSPS) is 11.5. The molecule has 0 aliphatic heterocycles. The minimum absolute atomic E-state index is 0.107. The van der Waals surface area contributed by atoms with E-state index in [4.69, 9.17) is 18.9 Å². The average molecular weight is 558 g/mol. The van der Waals surface area contributed by atoms with E-state index in [1.165, 1.54) is 11.0 Å². The van der Waals surface area contributed by atoms with Gasteiger partial charge in [0.15, 0.2) is 17.7 Å². The summed E-state index contributed by atoms with van der Waals surface area (Å²) in [5.41, 5.74) is 0.780. The van der Waals surface area contributed by atoms with Crippen LogP contribution in [-0.4, -0.2) is 61.1 Å². The van der Waals surface area contributed by atoms with Gasteiger partial charge in [-0.3, -0.25) is 0 Å². The lowest BCUT2D eigenvalue weighted by Gasteiger charge is -2.22. The number of benzene rings is 3. The summed E-state index contributed by atoms with van der Waals surface area (Å²) in [6.07, 6.45) is -0.140. The van der Waals surface area contributed by atoms with Gasteiger partial charge in [0.2, 0.25) is 0 Å². The van der Waals surface area contributed by atoms with Gasteiger partial charge in [0.1, 0.15) is 23.9 Å². The molecule has 0 aromatic heterocycles. The lowest BCUT2D eigenvalue weighted by atomic mass is 10.1. The number of hydrogen-bond acceptors (Lipinski definition) is 6. The predicted octanol–water partition coefficient (Wildman–Crippen LogP) is 5.74. The first-order valence-electron chi connectivity index (χ1n) is 13.0. The summed E-state index contributed by atoms with van der Waals surface area (Å²) < 4.78 is 48.8. The van der Waals surface area contributed by atoms with Crippen LogP contribution in [-0.2, 0) is 16.0 Å². The van der Waals surface area contributed by atoms with Crippen molar-refractivity contribution in [3.8, 4) is 17.2 Å². The summed E-state index contributed by atoms with van der Waals surface area (Å²) in [5.74, 6) is -1.98. The largest absolute Gasteiger partial charge is 0.494 e. The van der Waals surface area contributed by atoms with Crippen molar-refractivity contribution in [3.05, 3.63) is 90.0 Å². The molecular formula is C30H33F2NO7. The Labute approximate surface area is 232 Å². The van der Waals surface area contributed by atoms with Gasteiger partial charge in [0.05, 0.1) is 13.2 Å². The van der Waals surface area contributed by atoms with E-state index in [0.717, 1.165) is 23.4 Å². The first-order chi connectivity index (χ1) is 19.4. The summed E-state index contributed by atoms with van der Waals surface area (Å²) in [7, 11) is 0. The Morgan fingerprint density at radius 2 is 1.50 bits per heavy atom. The number of aliphatic carboxylic acids is 1. The Morgan fingerprint density at radius 3 is 2.17 bits per heavy atom. The van der Waals surface area contributed by atoms with Crippen LogP contribution >= 0.6 is 0 Å². The third-order valence-corrected chi connectivity index (χ3v) is 5.81. The summed E-state index contributed by atoms with van der Waals surface area (Å²) in [6.45, 7) is 3.15. The highest BCUT2D eigenvalue weighted by Crippen LogP contribution is 2.18. The molecule has 8 nitrogen and oxygen atoms in total. The molecule has 1 amide bonds. The number of ether oxygens (including phenoxy) is 4. The number of nitrogens with zero attached hydrogens (tertiary/aromatic N) is 1. The number of halogens is 2. The molecule has 0 heterocycles. The van der Waals surface area contributed by atoms with Crippen LogP contribution in [0.15, 0.2) is 72.8 Å². The highest BCUT2D eigenvalue weighted by Gasteiger charge is 2.19. The number of carboxylic acid groups (broad SMARTS) is 1. The number of unbranched alkanes of at least 4 members (excludes halogenated alkanes) is 1. The maximum atomic E-state index is 13.6. The minimum Gasteiger partial charge on any atom is -0.494 e. The molecule has 0 radical (unpaired) electrons. The molecule has 214 valence electrons. The quantitative estimate of drug-likeness (QED) is 0.225. The van der Waals surface area contributed by atoms with Gasteiger partial charge in [-0.25, -0.2) is 18.4 Å². The van der Waals surface area contributed by atoms with Crippen LogP contribution < -0.4 is 14.2 Å². The molecule has 1 unspecified atom stereocenters. The zero-order valence-corrected chi connectivity index (χ0v) is 22.3. The van der Waals surface area contributed by atoms with Gasteiger partial charge in [-0.15, -0.1) is 0 Å². The number of carbonyl (C=O) groups excluding carboxylic acids is 1. The third-order valence-electron chi connectivity index (χ3n) is 5.81. The van der Waals surface area contributed by atoms with Gasteiger partial charge in [-0.2, -0.15) is 0 Å². The van der Waals surface area contributed by atoms with Crippen LogP contribution in [0.25, 0.3) is 0 Å². The number of hydrogen-bond donors (Lipinski definition) is 1. The second-order valence-electron chi connectivity index (χ2n) is 8.78. The van der Waals surface area contributed by atoms with Crippen LogP contribution in [0.1, 0.15) is 25.3 Å². The number of para-hydroxylation sites is 1. The maximum Gasteiger partial charge on any atom is 0.415 e. The van der Waals surface area contributed by atoms with E-state index in [2.05, 4.69) is 0 Å². The highest BCUT2D eigenvalue weighted by molar-refractivity contribution is 5.72. The van der Waals surface area contributed by atoms with Crippen molar-refractivity contribution in [2.45, 2.75) is 32.3 Å². The molecule has 0 aliphatic carbocycles. The molecule has 0 spiro atoms. The van der Waals surface area contributed by atoms with Crippen molar-refractivity contribution in [1.29, 1.82) is 0 Å². The number of amides is 1. The smallest absolute Gasteiger partial charge is 0.415 e. The van der Waals surface area contributed by atoms with Crippen molar-refractivity contribution in [2.24, 2.45) is 0 Å². The average Bonchev–Trinajstić information content (AvgIpc) is 2.95. The van der Waals surface area contributed by atoms with E-state index in [-0.39, 0.29) is 25.3 Å². The van der Waals surface area contributed by atoms with E-state index in [0.29, 0.717) is 38.3 Å². The van der Waals surface area contributed by atoms with Gasteiger partial charge in [-0.1, -0.05) is 30.3 Å². The monoisotopic (exact) mass is 557 g/mol. The first-order valence-corrected chi connectivity index (χ1v) is 13.0. The first kappa shape index (κ1) is 30.4. The van der Waals surface area contributed by atoms with Crippen LogP contribution in [0.2, 0.25) is 0 Å². The molecule has 0 saturated heterocycles. The van der Waals surface area contributed by atoms with E-state index in [1.807, 2.05) is 30.3 Å². The van der Waals surface area contributed by atoms with Crippen LogP contribution in [0.5, 0.6) is 17.2 Å². The summed E-state index contributed by atoms with van der Waals surface area (Å²) in [4.78, 5) is 25.6. The molecule has 3 rings (SSSR count). The minimum atomic E-state index is -1.11. The molecular weight excluding hydrogens is 524 g/mol. The molecule has 0 fully saturated rings. The van der Waals surface area contributed by atoms with Crippen LogP contribution in [0.3, 0.4) is 0 Å². The fourth-order valence-corrected chi connectivity index (χ4v) is 3.74. The van der Waals surface area contributed by atoms with Crippen molar-refractivity contribution in [3.63, 3.8) is 0 Å². The molecule has 3 aromatic carbocycles. The van der Waals surface area contributed by atoms with Gasteiger partial charge >= 0.3 is 12.1 Å². The van der Waals surface area contributed by atoms with Crippen molar-refractivity contribution < 1.29 is 42.4 Å². The zero-order chi connectivity index (χ0) is 28.7. The van der Waals surface area contributed by atoms with Gasteiger partial charge in [0.25, 0.3) is 0 Å². The fourth-order valence-electron chi connectivity index (χ4n) is 3.74. The molecule has 0 saturated carbocycles. The molecule has 0 aliphatic rings. The second-order valence-corrected chi connectivity index (χ2v) is 8.78. The third kappa shape index (κ3) is 10.2. The lowest BCUT2D eigenvalue weighted by Crippen LogP contribution is -2.37. The van der Waals surface area contributed by atoms with E-state index < -0.39 is 29.8 Å². The Bertz CT molecular complexity index is 1210. The zero-order valence-electron chi connectivity index (χ0n) is 22.3.